The predicted octanol–water partition coefficient (Wildman–Crippen LogP) is -0.223. The molecule has 1 aliphatic rings. The van der Waals surface area contributed by atoms with Crippen LogP contribution in [0.2, 0.25) is 0 Å². The highest BCUT2D eigenvalue weighted by atomic mass is 16.5. The molecule has 1 fully saturated rings. The van der Waals surface area contributed by atoms with E-state index in [1.54, 1.807) is 25.9 Å². The van der Waals surface area contributed by atoms with Gasteiger partial charge in [0.2, 0.25) is 11.8 Å². The Balaban J connectivity index is 2.34. The number of piperazine rings is 1. The van der Waals surface area contributed by atoms with Gasteiger partial charge < -0.3 is 19.7 Å². The number of methoxy groups -OCH3 is 1. The number of nitrogens with one attached hydrogen (secondary N) is 1. The lowest BCUT2D eigenvalue weighted by atomic mass is 9.99. The highest BCUT2D eigenvalue weighted by Gasteiger charge is 2.41. The van der Waals surface area contributed by atoms with Crippen molar-refractivity contribution in [2.75, 3.05) is 40.0 Å². The molecule has 104 valence electrons. The Hall–Kier alpha value is -1.14. The predicted molar refractivity (Wildman–Crippen MR) is 66.1 cm³/mol. The van der Waals surface area contributed by atoms with Crippen LogP contribution < -0.4 is 5.32 Å². The van der Waals surface area contributed by atoms with E-state index in [9.17, 15) is 9.59 Å². The maximum atomic E-state index is 11.8. The molecular formula is C12H22N2O4. The highest BCUT2D eigenvalue weighted by molar-refractivity contribution is 5.97. The van der Waals surface area contributed by atoms with Crippen LogP contribution in [0.4, 0.5) is 0 Å². The molecule has 1 saturated heterocycles. The molecular weight excluding hydrogens is 236 g/mol. The zero-order valence-corrected chi connectivity index (χ0v) is 11.3. The van der Waals surface area contributed by atoms with Gasteiger partial charge in [-0.05, 0) is 20.3 Å². The zero-order valence-electron chi connectivity index (χ0n) is 11.3. The Bertz CT molecular complexity index is 304. The third-order valence-electron chi connectivity index (χ3n) is 3.03. The number of rotatable bonds is 7. The molecule has 18 heavy (non-hydrogen) atoms. The Morgan fingerprint density at radius 2 is 2.00 bits per heavy atom. The van der Waals surface area contributed by atoms with Crippen molar-refractivity contribution in [3.63, 3.8) is 0 Å². The smallest absolute Gasteiger partial charge is 0.245 e. The summed E-state index contributed by atoms with van der Waals surface area (Å²) in [6.07, 6.45) is 0.828. The molecule has 2 amide bonds. The number of amides is 2. The van der Waals surface area contributed by atoms with Crippen molar-refractivity contribution in [2.45, 2.75) is 25.8 Å². The van der Waals surface area contributed by atoms with E-state index in [1.807, 2.05) is 0 Å². The molecule has 0 radical (unpaired) electrons. The Morgan fingerprint density at radius 1 is 1.28 bits per heavy atom. The summed E-state index contributed by atoms with van der Waals surface area (Å²) in [5.41, 5.74) is -0.800. The van der Waals surface area contributed by atoms with Gasteiger partial charge >= 0.3 is 0 Å². The first-order valence-electron chi connectivity index (χ1n) is 6.15. The molecule has 0 atom stereocenters. The molecule has 1 rings (SSSR count). The number of carbonyl (C=O) groups is 2. The highest BCUT2D eigenvalue weighted by Crippen LogP contribution is 2.17. The van der Waals surface area contributed by atoms with Crippen LogP contribution in [-0.2, 0) is 19.1 Å². The first kappa shape index (κ1) is 14.9. The fourth-order valence-corrected chi connectivity index (χ4v) is 1.87. The molecule has 0 saturated carbocycles. The lowest BCUT2D eigenvalue weighted by Crippen LogP contribution is -2.64. The van der Waals surface area contributed by atoms with Gasteiger partial charge in [-0.25, -0.2) is 0 Å². The van der Waals surface area contributed by atoms with E-state index in [-0.39, 0.29) is 18.4 Å². The monoisotopic (exact) mass is 258 g/mol. The normalized spacial score (nSPS) is 18.9. The largest absolute Gasteiger partial charge is 0.385 e. The number of hydrogen-bond acceptors (Lipinski definition) is 4. The third-order valence-corrected chi connectivity index (χ3v) is 3.03. The lowest BCUT2D eigenvalue weighted by molar-refractivity contribution is -0.152. The Kier molecular flexibility index (Phi) is 5.55. The minimum Gasteiger partial charge on any atom is -0.385 e. The summed E-state index contributed by atoms with van der Waals surface area (Å²) < 4.78 is 10.3. The number of ether oxygens (including phenoxy) is 2. The minimum atomic E-state index is -0.800. The second-order valence-corrected chi connectivity index (χ2v) is 4.75. The van der Waals surface area contributed by atoms with Crippen molar-refractivity contribution in [2.24, 2.45) is 0 Å². The second-order valence-electron chi connectivity index (χ2n) is 4.75. The van der Waals surface area contributed by atoms with E-state index >= 15 is 0 Å². The molecule has 0 aromatic heterocycles. The van der Waals surface area contributed by atoms with Crippen LogP contribution in [-0.4, -0.2) is 62.3 Å². The Morgan fingerprint density at radius 3 is 2.67 bits per heavy atom. The number of nitrogens with zero attached hydrogens (tertiary/aromatic N) is 1. The van der Waals surface area contributed by atoms with E-state index in [0.717, 1.165) is 6.42 Å². The van der Waals surface area contributed by atoms with Gasteiger partial charge in [0.05, 0.1) is 13.2 Å². The fraction of sp³-hybridized carbons (Fsp3) is 0.833. The van der Waals surface area contributed by atoms with Crippen LogP contribution in [0.25, 0.3) is 0 Å². The van der Waals surface area contributed by atoms with Crippen molar-refractivity contribution in [3.05, 3.63) is 0 Å². The standard InChI is InChI=1S/C12H22N2O4/c1-12(2)11(16)13-9-10(15)14(12)5-8-18-7-4-6-17-3/h4-9H2,1-3H3,(H,13,16). The fourth-order valence-electron chi connectivity index (χ4n) is 1.87. The maximum absolute atomic E-state index is 11.8. The van der Waals surface area contributed by atoms with E-state index in [4.69, 9.17) is 9.47 Å². The van der Waals surface area contributed by atoms with Crippen LogP contribution in [0.3, 0.4) is 0 Å². The molecule has 0 spiro atoms. The summed E-state index contributed by atoms with van der Waals surface area (Å²) in [6, 6.07) is 0. The van der Waals surface area contributed by atoms with Crippen molar-refractivity contribution in [1.29, 1.82) is 0 Å². The van der Waals surface area contributed by atoms with Gasteiger partial charge in [-0.15, -0.1) is 0 Å². The van der Waals surface area contributed by atoms with Gasteiger partial charge in [-0.2, -0.15) is 0 Å². The maximum Gasteiger partial charge on any atom is 0.245 e. The summed E-state index contributed by atoms with van der Waals surface area (Å²) in [4.78, 5) is 25.0. The lowest BCUT2D eigenvalue weighted by Gasteiger charge is -2.40. The topological polar surface area (TPSA) is 67.9 Å². The second kappa shape index (κ2) is 6.70. The van der Waals surface area contributed by atoms with Gasteiger partial charge in [0.1, 0.15) is 5.54 Å². The molecule has 6 heteroatoms. The van der Waals surface area contributed by atoms with Gasteiger partial charge in [-0.3, -0.25) is 9.59 Å². The Labute approximate surface area is 108 Å². The average molecular weight is 258 g/mol. The van der Waals surface area contributed by atoms with Crippen LogP contribution in [0.15, 0.2) is 0 Å². The van der Waals surface area contributed by atoms with E-state index < -0.39 is 5.54 Å². The molecule has 0 unspecified atom stereocenters. The first-order chi connectivity index (χ1) is 8.50. The van der Waals surface area contributed by atoms with Crippen LogP contribution in [0.5, 0.6) is 0 Å². The molecule has 1 N–H and O–H groups in total. The van der Waals surface area contributed by atoms with Crippen molar-refractivity contribution < 1.29 is 19.1 Å². The van der Waals surface area contributed by atoms with Crippen LogP contribution in [0, 0.1) is 0 Å². The summed E-state index contributed by atoms with van der Waals surface area (Å²) in [5.74, 6) is -0.193. The number of carbonyl (C=O) groups excluding carboxylic acids is 2. The van der Waals surface area contributed by atoms with E-state index in [2.05, 4.69) is 5.32 Å². The molecule has 0 bridgehead atoms. The van der Waals surface area contributed by atoms with Crippen LogP contribution >= 0.6 is 0 Å². The van der Waals surface area contributed by atoms with Gasteiger partial charge in [0, 0.05) is 26.9 Å². The van der Waals surface area contributed by atoms with Gasteiger partial charge in [-0.1, -0.05) is 0 Å². The quantitative estimate of drug-likeness (QED) is 0.641. The minimum absolute atomic E-state index is 0.0694. The molecule has 0 aromatic carbocycles. The summed E-state index contributed by atoms with van der Waals surface area (Å²) in [7, 11) is 1.65. The summed E-state index contributed by atoms with van der Waals surface area (Å²) in [6.45, 7) is 5.69. The number of hydrogen-bond donors (Lipinski definition) is 1. The van der Waals surface area contributed by atoms with Gasteiger partial charge in [0.15, 0.2) is 0 Å². The van der Waals surface area contributed by atoms with Crippen molar-refractivity contribution >= 4 is 11.8 Å². The summed E-state index contributed by atoms with van der Waals surface area (Å²) in [5, 5.41) is 2.58. The zero-order chi connectivity index (χ0) is 13.6. The van der Waals surface area contributed by atoms with Gasteiger partial charge in [0.25, 0.3) is 0 Å². The molecule has 0 aromatic rings. The molecule has 1 aliphatic heterocycles. The summed E-state index contributed by atoms with van der Waals surface area (Å²) >= 11 is 0. The van der Waals surface area contributed by atoms with Crippen molar-refractivity contribution in [1.82, 2.24) is 10.2 Å². The molecule has 0 aliphatic carbocycles. The molecule has 6 nitrogen and oxygen atoms in total. The van der Waals surface area contributed by atoms with Crippen LogP contribution in [0.1, 0.15) is 20.3 Å². The third kappa shape index (κ3) is 3.68. The van der Waals surface area contributed by atoms with E-state index in [0.29, 0.717) is 26.4 Å². The SMILES string of the molecule is COCCCOCCN1C(=O)CNC(=O)C1(C)C. The molecule has 1 heterocycles. The average Bonchev–Trinajstić information content (AvgIpc) is 2.32. The van der Waals surface area contributed by atoms with Crippen molar-refractivity contribution in [3.8, 4) is 0 Å². The van der Waals surface area contributed by atoms with E-state index in [1.165, 1.54) is 0 Å². The first-order valence-corrected chi connectivity index (χ1v) is 6.15.